The molecule has 1 aliphatic heterocycles. The molecule has 0 saturated carbocycles. The van der Waals surface area contributed by atoms with Gasteiger partial charge in [-0.3, -0.25) is 4.79 Å². The van der Waals surface area contributed by atoms with Crippen LogP contribution in [0.15, 0.2) is 53.1 Å². The number of amides is 1. The largest absolute Gasteiger partial charge is 0.353 e. The van der Waals surface area contributed by atoms with E-state index in [2.05, 4.69) is 36.1 Å². The number of halogens is 1. The standard InChI is InChI=1S/C19H19BrN6O/c1-14-18(22-23-26(14)16-7-3-2-6-15(16)20)19(27)25-12-10-24(11-13-25)17-8-4-5-9-21-17/h2-9H,10-13H2,1H3. The molecule has 3 heterocycles. The molecule has 7 nitrogen and oxygen atoms in total. The highest BCUT2D eigenvalue weighted by molar-refractivity contribution is 9.10. The summed E-state index contributed by atoms with van der Waals surface area (Å²) in [6.45, 7) is 4.64. The Morgan fingerprint density at radius 2 is 1.78 bits per heavy atom. The van der Waals surface area contributed by atoms with Crippen LogP contribution in [0.4, 0.5) is 5.82 Å². The lowest BCUT2D eigenvalue weighted by Crippen LogP contribution is -2.49. The second-order valence-corrected chi connectivity index (χ2v) is 7.21. The van der Waals surface area contributed by atoms with E-state index in [-0.39, 0.29) is 5.91 Å². The van der Waals surface area contributed by atoms with Gasteiger partial charge in [0.2, 0.25) is 0 Å². The van der Waals surface area contributed by atoms with Gasteiger partial charge in [-0.25, -0.2) is 9.67 Å². The number of aromatic nitrogens is 4. The van der Waals surface area contributed by atoms with Crippen LogP contribution in [-0.2, 0) is 0 Å². The third kappa shape index (κ3) is 3.44. The number of hydrogen-bond donors (Lipinski definition) is 0. The van der Waals surface area contributed by atoms with Gasteiger partial charge in [-0.05, 0) is 47.1 Å². The molecule has 1 amide bonds. The molecule has 0 radical (unpaired) electrons. The molecule has 27 heavy (non-hydrogen) atoms. The van der Waals surface area contributed by atoms with Crippen molar-refractivity contribution in [2.75, 3.05) is 31.1 Å². The molecule has 1 saturated heterocycles. The second kappa shape index (κ2) is 7.48. The van der Waals surface area contributed by atoms with Crippen molar-refractivity contribution in [3.8, 4) is 5.69 Å². The third-order valence-corrected chi connectivity index (χ3v) is 5.39. The number of hydrogen-bond acceptors (Lipinski definition) is 5. The van der Waals surface area contributed by atoms with Crippen LogP contribution in [0.2, 0.25) is 0 Å². The summed E-state index contributed by atoms with van der Waals surface area (Å²) in [7, 11) is 0. The lowest BCUT2D eigenvalue weighted by Gasteiger charge is -2.35. The monoisotopic (exact) mass is 426 g/mol. The van der Waals surface area contributed by atoms with Gasteiger partial charge in [-0.1, -0.05) is 23.4 Å². The molecule has 3 aromatic rings. The number of piperazine rings is 1. The number of pyridine rings is 1. The summed E-state index contributed by atoms with van der Waals surface area (Å²) >= 11 is 3.52. The molecule has 0 spiro atoms. The average molecular weight is 427 g/mol. The molecule has 0 bridgehead atoms. The van der Waals surface area contributed by atoms with E-state index in [1.54, 1.807) is 10.9 Å². The smallest absolute Gasteiger partial charge is 0.276 e. The summed E-state index contributed by atoms with van der Waals surface area (Å²) in [6, 6.07) is 13.6. The van der Waals surface area contributed by atoms with E-state index in [0.29, 0.717) is 18.8 Å². The van der Waals surface area contributed by atoms with Gasteiger partial charge in [0.1, 0.15) is 5.82 Å². The molecule has 0 aliphatic carbocycles. The molecule has 4 rings (SSSR count). The summed E-state index contributed by atoms with van der Waals surface area (Å²) in [6.07, 6.45) is 1.79. The predicted octanol–water partition coefficient (Wildman–Crippen LogP) is 2.70. The second-order valence-electron chi connectivity index (χ2n) is 6.35. The zero-order valence-corrected chi connectivity index (χ0v) is 16.5. The van der Waals surface area contributed by atoms with E-state index in [9.17, 15) is 4.79 Å². The molecule has 0 atom stereocenters. The number of benzene rings is 1. The Morgan fingerprint density at radius 1 is 1.04 bits per heavy atom. The Balaban J connectivity index is 1.49. The van der Waals surface area contributed by atoms with E-state index >= 15 is 0 Å². The number of anilines is 1. The van der Waals surface area contributed by atoms with Crippen molar-refractivity contribution in [2.45, 2.75) is 6.92 Å². The predicted molar refractivity (Wildman–Crippen MR) is 106 cm³/mol. The zero-order valence-electron chi connectivity index (χ0n) is 14.9. The van der Waals surface area contributed by atoms with Crippen molar-refractivity contribution >= 4 is 27.7 Å². The Labute approximate surface area is 165 Å². The fraction of sp³-hybridized carbons (Fsp3) is 0.263. The maximum absolute atomic E-state index is 13.0. The van der Waals surface area contributed by atoms with E-state index in [0.717, 1.165) is 34.8 Å². The Morgan fingerprint density at radius 3 is 2.48 bits per heavy atom. The van der Waals surface area contributed by atoms with Gasteiger partial charge < -0.3 is 9.80 Å². The molecule has 1 aliphatic rings. The fourth-order valence-electron chi connectivity index (χ4n) is 3.21. The number of rotatable bonds is 3. The van der Waals surface area contributed by atoms with Crippen LogP contribution < -0.4 is 4.90 Å². The summed E-state index contributed by atoms with van der Waals surface area (Å²) in [5, 5.41) is 8.35. The van der Waals surface area contributed by atoms with Gasteiger partial charge in [-0.15, -0.1) is 5.10 Å². The Hall–Kier alpha value is -2.74. The lowest BCUT2D eigenvalue weighted by atomic mass is 10.2. The van der Waals surface area contributed by atoms with E-state index in [1.807, 2.05) is 54.3 Å². The van der Waals surface area contributed by atoms with Gasteiger partial charge in [0.05, 0.1) is 11.4 Å². The van der Waals surface area contributed by atoms with Crippen molar-refractivity contribution in [1.82, 2.24) is 24.9 Å². The van der Waals surface area contributed by atoms with Crippen LogP contribution in [0.25, 0.3) is 5.69 Å². The van der Waals surface area contributed by atoms with Gasteiger partial charge in [0.15, 0.2) is 5.69 Å². The number of nitrogens with zero attached hydrogens (tertiary/aromatic N) is 6. The van der Waals surface area contributed by atoms with Crippen molar-refractivity contribution in [1.29, 1.82) is 0 Å². The minimum absolute atomic E-state index is 0.0773. The first-order valence-corrected chi connectivity index (χ1v) is 9.57. The molecule has 8 heteroatoms. The van der Waals surface area contributed by atoms with Gasteiger partial charge in [-0.2, -0.15) is 0 Å². The van der Waals surface area contributed by atoms with E-state index in [1.165, 1.54) is 0 Å². The average Bonchev–Trinajstić information content (AvgIpc) is 3.10. The first-order chi connectivity index (χ1) is 13.1. The third-order valence-electron chi connectivity index (χ3n) is 4.72. The number of para-hydroxylation sites is 1. The molecular weight excluding hydrogens is 408 g/mol. The number of carbonyl (C=O) groups excluding carboxylic acids is 1. The first kappa shape index (κ1) is 17.7. The van der Waals surface area contributed by atoms with Gasteiger partial charge in [0, 0.05) is 36.8 Å². The number of carbonyl (C=O) groups is 1. The van der Waals surface area contributed by atoms with E-state index in [4.69, 9.17) is 0 Å². The van der Waals surface area contributed by atoms with Crippen LogP contribution in [-0.4, -0.2) is 57.0 Å². The summed E-state index contributed by atoms with van der Waals surface area (Å²) < 4.78 is 2.60. The quantitative estimate of drug-likeness (QED) is 0.643. The minimum atomic E-state index is -0.0773. The van der Waals surface area contributed by atoms with Crippen LogP contribution in [0.5, 0.6) is 0 Å². The van der Waals surface area contributed by atoms with E-state index < -0.39 is 0 Å². The molecule has 138 valence electrons. The maximum atomic E-state index is 13.0. The van der Waals surface area contributed by atoms with Crippen LogP contribution in [0, 0.1) is 6.92 Å². The highest BCUT2D eigenvalue weighted by atomic mass is 79.9. The minimum Gasteiger partial charge on any atom is -0.353 e. The SMILES string of the molecule is Cc1c(C(=O)N2CCN(c3ccccn3)CC2)nnn1-c1ccccc1Br. The van der Waals surface area contributed by atoms with Crippen molar-refractivity contribution in [2.24, 2.45) is 0 Å². The van der Waals surface area contributed by atoms with Crippen LogP contribution in [0.3, 0.4) is 0 Å². The van der Waals surface area contributed by atoms with Crippen molar-refractivity contribution in [3.05, 3.63) is 64.5 Å². The molecule has 0 N–H and O–H groups in total. The highest BCUT2D eigenvalue weighted by Gasteiger charge is 2.27. The summed E-state index contributed by atoms with van der Waals surface area (Å²) in [5.74, 6) is 0.868. The van der Waals surface area contributed by atoms with Crippen molar-refractivity contribution < 1.29 is 4.79 Å². The molecule has 0 unspecified atom stereocenters. The highest BCUT2D eigenvalue weighted by Crippen LogP contribution is 2.22. The molecule has 1 fully saturated rings. The van der Waals surface area contributed by atoms with Gasteiger partial charge in [0.25, 0.3) is 5.91 Å². The van der Waals surface area contributed by atoms with Gasteiger partial charge >= 0.3 is 0 Å². The molecule has 1 aromatic carbocycles. The Bertz CT molecular complexity index is 950. The summed E-state index contributed by atoms with van der Waals surface area (Å²) in [4.78, 5) is 21.4. The zero-order chi connectivity index (χ0) is 18.8. The molecule has 2 aromatic heterocycles. The van der Waals surface area contributed by atoms with Crippen molar-refractivity contribution in [3.63, 3.8) is 0 Å². The van der Waals surface area contributed by atoms with Crippen LogP contribution >= 0.6 is 15.9 Å². The first-order valence-electron chi connectivity index (χ1n) is 8.77. The normalized spacial score (nSPS) is 14.4. The topological polar surface area (TPSA) is 67.2 Å². The van der Waals surface area contributed by atoms with Crippen LogP contribution in [0.1, 0.15) is 16.2 Å². The Kier molecular flexibility index (Phi) is 4.89. The summed E-state index contributed by atoms with van der Waals surface area (Å²) in [5.41, 5.74) is 2.00. The molecular formula is C19H19BrN6O. The fourth-order valence-corrected chi connectivity index (χ4v) is 3.66. The lowest BCUT2D eigenvalue weighted by molar-refractivity contribution is 0.0739. The maximum Gasteiger partial charge on any atom is 0.276 e.